The largest absolute Gasteiger partial charge is 0.475 e. The predicted octanol–water partition coefficient (Wildman–Crippen LogP) is 2.82. The first-order valence-corrected chi connectivity index (χ1v) is 8.50. The number of amides is 2. The molecule has 124 valence electrons. The molecule has 0 atom stereocenters. The quantitative estimate of drug-likeness (QED) is 0.640. The number of benzene rings is 1. The maximum absolute atomic E-state index is 12.2. The lowest BCUT2D eigenvalue weighted by molar-refractivity contribution is 0.0649. The average molecular weight is 345 g/mol. The summed E-state index contributed by atoms with van der Waals surface area (Å²) in [6, 6.07) is 8.48. The van der Waals surface area contributed by atoms with Crippen LogP contribution in [0.5, 0.6) is 0 Å². The van der Waals surface area contributed by atoms with Gasteiger partial charge in [-0.15, -0.1) is 0 Å². The topological polar surface area (TPSA) is 87.8 Å². The van der Waals surface area contributed by atoms with Crippen molar-refractivity contribution in [3.05, 3.63) is 58.5 Å². The minimum absolute atomic E-state index is 0.0500. The second-order valence-corrected chi connectivity index (χ2v) is 6.50. The number of carboxylic acids is 1. The number of hydrogen-bond donors (Lipinski definition) is 1. The molecule has 0 bridgehead atoms. The summed E-state index contributed by atoms with van der Waals surface area (Å²) >= 11 is 1.48. The molecule has 0 radical (unpaired) electrons. The zero-order valence-corrected chi connectivity index (χ0v) is 13.8. The van der Waals surface area contributed by atoms with E-state index in [1.807, 2.05) is 0 Å². The summed E-state index contributed by atoms with van der Waals surface area (Å²) in [5.41, 5.74) is 1.47. The molecule has 1 aromatic carbocycles. The molecule has 1 aliphatic heterocycles. The number of aryl methyl sites for hydroxylation is 1. The van der Waals surface area contributed by atoms with Gasteiger partial charge in [-0.1, -0.05) is 12.1 Å². The molecule has 0 saturated heterocycles. The maximum atomic E-state index is 12.2. The van der Waals surface area contributed by atoms with Gasteiger partial charge in [-0.05, 0) is 25.1 Å². The number of carbonyl (C=O) groups is 3. The number of hydrogen-bond acceptors (Lipinski definition) is 5. The third-order valence-electron chi connectivity index (χ3n) is 3.74. The fourth-order valence-electron chi connectivity index (χ4n) is 2.60. The van der Waals surface area contributed by atoms with Crippen LogP contribution in [0.4, 0.5) is 0 Å². The molecule has 1 aromatic heterocycles. The fraction of sp³-hybridized carbons (Fsp3) is 0.235. The second kappa shape index (κ2) is 6.52. The molecule has 2 heterocycles. The lowest BCUT2D eigenvalue weighted by atomic mass is 10.1. The van der Waals surface area contributed by atoms with Crippen LogP contribution in [0.3, 0.4) is 0 Å². The highest BCUT2D eigenvalue weighted by Gasteiger charge is 2.34. The summed E-state index contributed by atoms with van der Waals surface area (Å²) in [5.74, 6) is -0.0698. The van der Waals surface area contributed by atoms with Crippen molar-refractivity contribution in [2.75, 3.05) is 12.3 Å². The van der Waals surface area contributed by atoms with Gasteiger partial charge in [-0.3, -0.25) is 14.5 Å². The molecule has 1 aliphatic rings. The van der Waals surface area contributed by atoms with Gasteiger partial charge >= 0.3 is 5.97 Å². The van der Waals surface area contributed by atoms with Crippen LogP contribution in [0, 0.1) is 6.92 Å². The molecular formula is C17H15NO5S. The third kappa shape index (κ3) is 2.94. The molecule has 1 N–H and O–H groups in total. The Morgan fingerprint density at radius 3 is 2.38 bits per heavy atom. The van der Waals surface area contributed by atoms with E-state index in [1.54, 1.807) is 37.3 Å². The minimum atomic E-state index is -1.09. The Balaban J connectivity index is 1.55. The van der Waals surface area contributed by atoms with E-state index < -0.39 is 5.97 Å². The Kier molecular flexibility index (Phi) is 4.44. The number of nitrogens with zero attached hydrogens (tertiary/aromatic N) is 1. The van der Waals surface area contributed by atoms with Crippen molar-refractivity contribution in [1.82, 2.24) is 4.90 Å². The number of carbonyl (C=O) groups excluding carboxylic acids is 2. The van der Waals surface area contributed by atoms with Crippen LogP contribution < -0.4 is 0 Å². The van der Waals surface area contributed by atoms with E-state index in [1.165, 1.54) is 16.7 Å². The van der Waals surface area contributed by atoms with Crippen LogP contribution in [0.25, 0.3) is 0 Å². The molecule has 0 aliphatic carbocycles. The summed E-state index contributed by atoms with van der Waals surface area (Å²) in [6.45, 7) is 1.99. The van der Waals surface area contributed by atoms with Crippen molar-refractivity contribution in [2.24, 2.45) is 0 Å². The van der Waals surface area contributed by atoms with E-state index in [0.29, 0.717) is 40.5 Å². The summed E-state index contributed by atoms with van der Waals surface area (Å²) in [6.07, 6.45) is 0. The van der Waals surface area contributed by atoms with E-state index in [4.69, 9.17) is 9.52 Å². The molecule has 7 heteroatoms. The van der Waals surface area contributed by atoms with Crippen LogP contribution in [0.15, 0.2) is 34.7 Å². The SMILES string of the molecule is Cc1cc(CSCCN2C(=O)c3ccccc3C2=O)oc1C(=O)O. The number of fused-ring (bicyclic) bond motifs is 1. The van der Waals surface area contributed by atoms with Crippen molar-refractivity contribution < 1.29 is 23.9 Å². The molecular weight excluding hydrogens is 330 g/mol. The van der Waals surface area contributed by atoms with Crippen molar-refractivity contribution in [3.8, 4) is 0 Å². The number of furan rings is 1. The highest BCUT2D eigenvalue weighted by Crippen LogP contribution is 2.24. The van der Waals surface area contributed by atoms with Crippen LogP contribution in [0.1, 0.15) is 42.6 Å². The highest BCUT2D eigenvalue weighted by molar-refractivity contribution is 7.98. The second-order valence-electron chi connectivity index (χ2n) is 5.39. The summed E-state index contributed by atoms with van der Waals surface area (Å²) < 4.78 is 5.27. The van der Waals surface area contributed by atoms with Crippen molar-refractivity contribution in [3.63, 3.8) is 0 Å². The first kappa shape index (κ1) is 16.3. The normalized spacial score (nSPS) is 13.5. The molecule has 2 aromatic rings. The van der Waals surface area contributed by atoms with Gasteiger partial charge in [0.1, 0.15) is 5.76 Å². The zero-order valence-electron chi connectivity index (χ0n) is 12.9. The predicted molar refractivity (Wildman–Crippen MR) is 88.4 cm³/mol. The average Bonchev–Trinajstić information content (AvgIpc) is 3.04. The standard InChI is InChI=1S/C17H15NO5S/c1-10-8-11(23-14(10)17(21)22)9-24-7-6-18-15(19)12-4-2-3-5-13(12)16(18)20/h2-5,8H,6-7,9H2,1H3,(H,21,22). The highest BCUT2D eigenvalue weighted by atomic mass is 32.2. The lowest BCUT2D eigenvalue weighted by Crippen LogP contribution is -2.31. The lowest BCUT2D eigenvalue weighted by Gasteiger charge is -2.12. The Morgan fingerprint density at radius 1 is 1.21 bits per heavy atom. The van der Waals surface area contributed by atoms with Gasteiger partial charge in [-0.25, -0.2) is 4.79 Å². The fourth-order valence-corrected chi connectivity index (χ4v) is 3.40. The van der Waals surface area contributed by atoms with Crippen molar-refractivity contribution >= 4 is 29.5 Å². The summed E-state index contributed by atoms with van der Waals surface area (Å²) in [4.78, 5) is 36.6. The third-order valence-corrected chi connectivity index (χ3v) is 4.70. The van der Waals surface area contributed by atoms with Gasteiger partial charge in [0, 0.05) is 17.9 Å². The number of carboxylic acid groups (broad SMARTS) is 1. The van der Waals surface area contributed by atoms with Gasteiger partial charge in [0.2, 0.25) is 5.76 Å². The van der Waals surface area contributed by atoms with Crippen LogP contribution in [0.2, 0.25) is 0 Å². The Bertz CT molecular complexity index is 791. The Labute approximate surface area is 142 Å². The number of imide groups is 1. The van der Waals surface area contributed by atoms with Gasteiger partial charge in [0.15, 0.2) is 0 Å². The number of thioether (sulfide) groups is 1. The van der Waals surface area contributed by atoms with Gasteiger partial charge in [0.25, 0.3) is 11.8 Å². The Hall–Kier alpha value is -2.54. The monoisotopic (exact) mass is 345 g/mol. The molecule has 0 spiro atoms. The first-order valence-electron chi connectivity index (χ1n) is 7.34. The first-order chi connectivity index (χ1) is 11.5. The van der Waals surface area contributed by atoms with Crippen LogP contribution >= 0.6 is 11.8 Å². The number of aromatic carboxylic acids is 1. The van der Waals surface area contributed by atoms with E-state index in [9.17, 15) is 14.4 Å². The van der Waals surface area contributed by atoms with E-state index in [-0.39, 0.29) is 17.6 Å². The summed E-state index contributed by atoms with van der Waals surface area (Å²) in [7, 11) is 0. The zero-order chi connectivity index (χ0) is 17.3. The van der Waals surface area contributed by atoms with Crippen molar-refractivity contribution in [1.29, 1.82) is 0 Å². The van der Waals surface area contributed by atoms with Gasteiger partial charge < -0.3 is 9.52 Å². The summed E-state index contributed by atoms with van der Waals surface area (Å²) in [5, 5.41) is 8.96. The van der Waals surface area contributed by atoms with Crippen molar-refractivity contribution in [2.45, 2.75) is 12.7 Å². The molecule has 0 saturated carbocycles. The van der Waals surface area contributed by atoms with E-state index >= 15 is 0 Å². The molecule has 24 heavy (non-hydrogen) atoms. The molecule has 6 nitrogen and oxygen atoms in total. The van der Waals surface area contributed by atoms with Crippen LogP contribution in [-0.4, -0.2) is 40.1 Å². The van der Waals surface area contributed by atoms with Gasteiger partial charge in [0.05, 0.1) is 16.9 Å². The van der Waals surface area contributed by atoms with Gasteiger partial charge in [-0.2, -0.15) is 11.8 Å². The minimum Gasteiger partial charge on any atom is -0.475 e. The Morgan fingerprint density at radius 2 is 1.83 bits per heavy atom. The molecule has 3 rings (SSSR count). The molecule has 0 unspecified atom stereocenters. The van der Waals surface area contributed by atoms with Crippen LogP contribution in [-0.2, 0) is 5.75 Å². The number of rotatable bonds is 6. The molecule has 0 fully saturated rings. The van der Waals surface area contributed by atoms with E-state index in [2.05, 4.69) is 0 Å². The smallest absolute Gasteiger partial charge is 0.372 e. The maximum Gasteiger partial charge on any atom is 0.372 e. The van der Waals surface area contributed by atoms with E-state index in [0.717, 1.165) is 0 Å². The molecule has 2 amide bonds.